The van der Waals surface area contributed by atoms with E-state index >= 15 is 0 Å². The van der Waals surface area contributed by atoms with Gasteiger partial charge in [0.15, 0.2) is 0 Å². The van der Waals surface area contributed by atoms with E-state index < -0.39 is 0 Å². The van der Waals surface area contributed by atoms with E-state index in [9.17, 15) is 0 Å². The molecule has 0 spiro atoms. The summed E-state index contributed by atoms with van der Waals surface area (Å²) in [6.07, 6.45) is 7.95. The van der Waals surface area contributed by atoms with Crippen LogP contribution in [0.4, 0.5) is 0 Å². The summed E-state index contributed by atoms with van der Waals surface area (Å²) >= 11 is 0. The zero-order chi connectivity index (χ0) is 21.9. The Balaban J connectivity index is 1.23. The highest BCUT2D eigenvalue weighted by Gasteiger charge is 2.21. The van der Waals surface area contributed by atoms with E-state index in [4.69, 9.17) is 9.72 Å². The fourth-order valence-electron chi connectivity index (χ4n) is 4.74. The van der Waals surface area contributed by atoms with Crippen LogP contribution in [-0.2, 0) is 6.42 Å². The maximum atomic E-state index is 6.38. The van der Waals surface area contributed by atoms with Crippen LogP contribution in [-0.4, -0.2) is 40.7 Å². The second kappa shape index (κ2) is 9.33. The van der Waals surface area contributed by atoms with E-state index in [1.54, 1.807) is 0 Å². The lowest BCUT2D eigenvalue weighted by Gasteiger charge is -2.31. The standard InChI is InChI=1S/C28H33N3O/c1-21(2)31-18-25-24-10-6-7-11-27(24)29-28(26(25)19-31)32-20-23-13-16-30(17-14-23)15-12-22-8-4-3-5-9-22/h3-11,18-19,21,23H,12-17,20H2,1-2H3. The van der Waals surface area contributed by atoms with Gasteiger partial charge >= 0.3 is 0 Å². The Labute approximate surface area is 190 Å². The van der Waals surface area contributed by atoms with Crippen molar-refractivity contribution < 1.29 is 4.74 Å². The second-order valence-corrected chi connectivity index (χ2v) is 9.39. The maximum absolute atomic E-state index is 6.38. The summed E-state index contributed by atoms with van der Waals surface area (Å²) in [4.78, 5) is 7.49. The van der Waals surface area contributed by atoms with E-state index in [2.05, 4.69) is 90.3 Å². The van der Waals surface area contributed by atoms with Gasteiger partial charge in [-0.2, -0.15) is 0 Å². The number of ether oxygens (including phenoxy) is 1. The second-order valence-electron chi connectivity index (χ2n) is 9.39. The number of hydrogen-bond acceptors (Lipinski definition) is 3. The lowest BCUT2D eigenvalue weighted by atomic mass is 9.97. The van der Waals surface area contributed by atoms with E-state index in [0.717, 1.165) is 49.4 Å². The van der Waals surface area contributed by atoms with Gasteiger partial charge < -0.3 is 14.2 Å². The summed E-state index contributed by atoms with van der Waals surface area (Å²) in [5.74, 6) is 1.38. The van der Waals surface area contributed by atoms with Crippen LogP contribution >= 0.6 is 0 Å². The Bertz CT molecular complexity index is 1170. The molecule has 1 fully saturated rings. The molecule has 166 valence electrons. The van der Waals surface area contributed by atoms with Crippen molar-refractivity contribution in [3.8, 4) is 5.88 Å². The molecule has 0 N–H and O–H groups in total. The lowest BCUT2D eigenvalue weighted by Crippen LogP contribution is -2.36. The molecule has 32 heavy (non-hydrogen) atoms. The summed E-state index contributed by atoms with van der Waals surface area (Å²) in [5.41, 5.74) is 2.44. The number of hydrogen-bond donors (Lipinski definition) is 0. The Morgan fingerprint density at radius 1 is 0.906 bits per heavy atom. The number of benzene rings is 2. The summed E-state index contributed by atoms with van der Waals surface area (Å²) in [6, 6.07) is 19.6. The van der Waals surface area contributed by atoms with Gasteiger partial charge in [0.2, 0.25) is 5.88 Å². The highest BCUT2D eigenvalue weighted by molar-refractivity contribution is 6.07. The summed E-state index contributed by atoms with van der Waals surface area (Å²) < 4.78 is 8.64. The lowest BCUT2D eigenvalue weighted by molar-refractivity contribution is 0.141. The van der Waals surface area contributed by atoms with Gasteiger partial charge in [-0.25, -0.2) is 4.98 Å². The third kappa shape index (κ3) is 4.51. The molecule has 0 saturated carbocycles. The largest absolute Gasteiger partial charge is 0.477 e. The van der Waals surface area contributed by atoms with Gasteiger partial charge in [0.05, 0.1) is 17.5 Å². The predicted octanol–water partition coefficient (Wildman–Crippen LogP) is 6.10. The van der Waals surface area contributed by atoms with Gasteiger partial charge in [-0.1, -0.05) is 48.5 Å². The number of rotatable bonds is 7. The van der Waals surface area contributed by atoms with Crippen molar-refractivity contribution in [3.05, 3.63) is 72.6 Å². The first kappa shape index (κ1) is 21.0. The van der Waals surface area contributed by atoms with Gasteiger partial charge in [0.1, 0.15) is 0 Å². The number of piperidine rings is 1. The third-order valence-corrected chi connectivity index (χ3v) is 6.81. The fraction of sp³-hybridized carbons (Fsp3) is 0.393. The third-order valence-electron chi connectivity index (χ3n) is 6.81. The zero-order valence-electron chi connectivity index (χ0n) is 19.2. The first-order chi connectivity index (χ1) is 15.7. The highest BCUT2D eigenvalue weighted by Crippen LogP contribution is 2.33. The van der Waals surface area contributed by atoms with Crippen LogP contribution < -0.4 is 4.74 Å². The van der Waals surface area contributed by atoms with E-state index in [1.807, 2.05) is 0 Å². The molecule has 1 saturated heterocycles. The number of pyridine rings is 1. The van der Waals surface area contributed by atoms with Crippen LogP contribution in [0.15, 0.2) is 67.0 Å². The molecular weight excluding hydrogens is 394 g/mol. The van der Waals surface area contributed by atoms with E-state index in [1.165, 1.54) is 29.2 Å². The van der Waals surface area contributed by atoms with E-state index in [0.29, 0.717) is 12.0 Å². The van der Waals surface area contributed by atoms with Crippen LogP contribution in [0.3, 0.4) is 0 Å². The van der Waals surface area contributed by atoms with Crippen LogP contribution in [0, 0.1) is 5.92 Å². The summed E-state index contributed by atoms with van der Waals surface area (Å²) in [7, 11) is 0. The van der Waals surface area contributed by atoms with Crippen LogP contribution in [0.5, 0.6) is 5.88 Å². The Kier molecular flexibility index (Phi) is 6.13. The van der Waals surface area contributed by atoms with Crippen molar-refractivity contribution in [2.45, 2.75) is 39.2 Å². The normalized spacial score (nSPS) is 15.7. The molecule has 0 aliphatic carbocycles. The molecule has 0 bridgehead atoms. The summed E-state index contributed by atoms with van der Waals surface area (Å²) in [5, 5.41) is 3.55. The van der Waals surface area contributed by atoms with Gasteiger partial charge in [-0.05, 0) is 63.7 Å². The monoisotopic (exact) mass is 427 g/mol. The molecule has 1 aliphatic heterocycles. The van der Waals surface area contributed by atoms with Crippen LogP contribution in [0.25, 0.3) is 21.7 Å². The minimum atomic E-state index is 0.411. The van der Waals surface area contributed by atoms with Crippen molar-refractivity contribution in [2.24, 2.45) is 5.92 Å². The molecule has 0 unspecified atom stereocenters. The molecule has 2 aromatic heterocycles. The Morgan fingerprint density at radius 2 is 1.62 bits per heavy atom. The average molecular weight is 428 g/mol. The van der Waals surface area contributed by atoms with E-state index in [-0.39, 0.29) is 0 Å². The molecule has 4 aromatic rings. The first-order valence-electron chi connectivity index (χ1n) is 12.0. The number of aromatic nitrogens is 2. The van der Waals surface area contributed by atoms with Crippen molar-refractivity contribution in [1.29, 1.82) is 0 Å². The number of para-hydroxylation sites is 1. The van der Waals surface area contributed by atoms with Gasteiger partial charge in [-0.15, -0.1) is 0 Å². The van der Waals surface area contributed by atoms with Crippen molar-refractivity contribution in [3.63, 3.8) is 0 Å². The molecule has 0 amide bonds. The number of fused-ring (bicyclic) bond motifs is 3. The Morgan fingerprint density at radius 3 is 2.41 bits per heavy atom. The Hall–Kier alpha value is -2.85. The molecular formula is C28H33N3O. The number of likely N-dealkylation sites (tertiary alicyclic amines) is 1. The first-order valence-corrected chi connectivity index (χ1v) is 12.0. The van der Waals surface area contributed by atoms with Gasteiger partial charge in [0, 0.05) is 35.8 Å². The molecule has 2 aromatic carbocycles. The maximum Gasteiger partial charge on any atom is 0.223 e. The smallest absolute Gasteiger partial charge is 0.223 e. The molecule has 0 radical (unpaired) electrons. The van der Waals surface area contributed by atoms with Crippen LogP contribution in [0.2, 0.25) is 0 Å². The summed E-state index contributed by atoms with van der Waals surface area (Å²) in [6.45, 7) is 8.63. The quantitative estimate of drug-likeness (QED) is 0.357. The minimum Gasteiger partial charge on any atom is -0.477 e. The fourth-order valence-corrected chi connectivity index (χ4v) is 4.74. The predicted molar refractivity (Wildman–Crippen MR) is 132 cm³/mol. The van der Waals surface area contributed by atoms with Gasteiger partial charge in [0.25, 0.3) is 0 Å². The highest BCUT2D eigenvalue weighted by atomic mass is 16.5. The van der Waals surface area contributed by atoms with Crippen LogP contribution in [0.1, 0.15) is 38.3 Å². The zero-order valence-corrected chi connectivity index (χ0v) is 19.2. The molecule has 4 heteroatoms. The van der Waals surface area contributed by atoms with Crippen molar-refractivity contribution in [2.75, 3.05) is 26.2 Å². The SMILES string of the molecule is CC(C)n1cc2c(OCC3CCN(CCc4ccccc4)CC3)nc3ccccc3c2c1. The molecule has 4 nitrogen and oxygen atoms in total. The van der Waals surface area contributed by atoms with Crippen molar-refractivity contribution in [1.82, 2.24) is 14.5 Å². The van der Waals surface area contributed by atoms with Gasteiger partial charge in [-0.3, -0.25) is 0 Å². The average Bonchev–Trinajstić information content (AvgIpc) is 3.29. The molecule has 0 atom stereocenters. The topological polar surface area (TPSA) is 30.3 Å². The molecule has 3 heterocycles. The minimum absolute atomic E-state index is 0.411. The number of nitrogens with zero attached hydrogens (tertiary/aromatic N) is 3. The molecule has 5 rings (SSSR count). The molecule has 1 aliphatic rings. The van der Waals surface area contributed by atoms with Crippen molar-refractivity contribution >= 4 is 21.7 Å².